The van der Waals surface area contributed by atoms with Crippen molar-refractivity contribution in [3.63, 3.8) is 0 Å². The molecule has 0 amide bonds. The number of ether oxygens (including phenoxy) is 1. The fourth-order valence-electron chi connectivity index (χ4n) is 3.04. The number of nitrogens with one attached hydrogen (secondary N) is 2. The lowest BCUT2D eigenvalue weighted by molar-refractivity contribution is 0.0376. The van der Waals surface area contributed by atoms with Gasteiger partial charge < -0.3 is 19.9 Å². The monoisotopic (exact) mass is 419 g/mol. The fraction of sp³-hybridized carbons (Fsp3) is 0.550. The van der Waals surface area contributed by atoms with Crippen LogP contribution >= 0.6 is 11.6 Å². The van der Waals surface area contributed by atoms with E-state index < -0.39 is 0 Å². The molecule has 9 heteroatoms. The molecular formula is C20H30ClN7O. The van der Waals surface area contributed by atoms with Crippen LogP contribution in [-0.2, 0) is 24.9 Å². The Balaban J connectivity index is 1.53. The predicted molar refractivity (Wildman–Crippen MR) is 115 cm³/mol. The van der Waals surface area contributed by atoms with Crippen LogP contribution in [-0.4, -0.2) is 65.0 Å². The number of benzene rings is 1. The van der Waals surface area contributed by atoms with Gasteiger partial charge in [-0.15, -0.1) is 10.2 Å². The van der Waals surface area contributed by atoms with Gasteiger partial charge in [0.2, 0.25) is 0 Å². The molecule has 1 aliphatic rings. The van der Waals surface area contributed by atoms with Gasteiger partial charge in [-0.3, -0.25) is 4.90 Å². The smallest absolute Gasteiger partial charge is 0.191 e. The van der Waals surface area contributed by atoms with Gasteiger partial charge >= 0.3 is 0 Å². The van der Waals surface area contributed by atoms with Crippen molar-refractivity contribution in [1.82, 2.24) is 30.3 Å². The van der Waals surface area contributed by atoms with Gasteiger partial charge in [-0.1, -0.05) is 23.7 Å². The van der Waals surface area contributed by atoms with Crippen molar-refractivity contribution in [2.45, 2.75) is 26.4 Å². The molecule has 3 rings (SSSR count). The quantitative estimate of drug-likeness (QED) is 0.385. The van der Waals surface area contributed by atoms with E-state index in [9.17, 15) is 0 Å². The highest BCUT2D eigenvalue weighted by atomic mass is 35.5. The van der Waals surface area contributed by atoms with E-state index >= 15 is 0 Å². The second-order valence-electron chi connectivity index (χ2n) is 7.10. The Bertz CT molecular complexity index is 785. The molecule has 158 valence electrons. The molecule has 0 spiro atoms. The van der Waals surface area contributed by atoms with E-state index in [0.29, 0.717) is 13.1 Å². The lowest BCUT2D eigenvalue weighted by atomic mass is 10.2. The molecule has 1 aliphatic heterocycles. The van der Waals surface area contributed by atoms with Crippen LogP contribution in [0.1, 0.15) is 23.6 Å². The van der Waals surface area contributed by atoms with Crippen LogP contribution in [0, 0.1) is 6.92 Å². The highest BCUT2D eigenvalue weighted by Crippen LogP contribution is 2.10. The highest BCUT2D eigenvalue weighted by molar-refractivity contribution is 6.30. The van der Waals surface area contributed by atoms with Crippen molar-refractivity contribution in [3.05, 3.63) is 46.5 Å². The van der Waals surface area contributed by atoms with Crippen LogP contribution in [0.3, 0.4) is 0 Å². The molecule has 0 saturated carbocycles. The van der Waals surface area contributed by atoms with Crippen LogP contribution in [0.5, 0.6) is 0 Å². The number of halogens is 1. The third-order valence-corrected chi connectivity index (χ3v) is 5.23. The van der Waals surface area contributed by atoms with Crippen LogP contribution in [0.2, 0.25) is 5.02 Å². The molecule has 2 heterocycles. The van der Waals surface area contributed by atoms with Crippen molar-refractivity contribution in [1.29, 1.82) is 0 Å². The summed E-state index contributed by atoms with van der Waals surface area (Å²) in [4.78, 5) is 7.16. The number of morpholine rings is 1. The summed E-state index contributed by atoms with van der Waals surface area (Å²) in [5, 5.41) is 15.8. The van der Waals surface area contributed by atoms with Crippen molar-refractivity contribution in [2.75, 3.05) is 39.4 Å². The normalized spacial score (nSPS) is 15.5. The second kappa shape index (κ2) is 11.1. The number of hydrogen-bond acceptors (Lipinski definition) is 5. The van der Waals surface area contributed by atoms with Gasteiger partial charge in [0, 0.05) is 31.7 Å². The van der Waals surface area contributed by atoms with Crippen molar-refractivity contribution >= 4 is 17.6 Å². The SMILES string of the molecule is Cc1nnc(CNC(=NCc2ccc(Cl)cc2)NCCCN2CCOCC2)n1C. The number of rotatable bonds is 8. The minimum Gasteiger partial charge on any atom is -0.379 e. The van der Waals surface area contributed by atoms with Gasteiger partial charge in [-0.05, 0) is 37.6 Å². The Morgan fingerprint density at radius 2 is 1.93 bits per heavy atom. The van der Waals surface area contributed by atoms with Gasteiger partial charge in [0.05, 0.1) is 26.3 Å². The summed E-state index contributed by atoms with van der Waals surface area (Å²) in [6, 6.07) is 7.76. The topological polar surface area (TPSA) is 79.6 Å². The van der Waals surface area contributed by atoms with E-state index in [4.69, 9.17) is 21.3 Å². The van der Waals surface area contributed by atoms with E-state index in [1.165, 1.54) is 0 Å². The summed E-state index contributed by atoms with van der Waals surface area (Å²) < 4.78 is 7.38. The van der Waals surface area contributed by atoms with Crippen LogP contribution in [0.25, 0.3) is 0 Å². The Morgan fingerprint density at radius 3 is 2.62 bits per heavy atom. The molecule has 29 heavy (non-hydrogen) atoms. The van der Waals surface area contributed by atoms with Crippen molar-refractivity contribution < 1.29 is 4.74 Å². The molecule has 0 atom stereocenters. The zero-order valence-electron chi connectivity index (χ0n) is 17.2. The fourth-order valence-corrected chi connectivity index (χ4v) is 3.16. The lowest BCUT2D eigenvalue weighted by Crippen LogP contribution is -2.40. The first-order valence-corrected chi connectivity index (χ1v) is 10.4. The molecule has 0 bridgehead atoms. The summed E-state index contributed by atoms with van der Waals surface area (Å²) in [7, 11) is 1.96. The molecule has 0 unspecified atom stereocenters. The van der Waals surface area contributed by atoms with E-state index in [0.717, 1.165) is 74.0 Å². The molecule has 2 aromatic rings. The predicted octanol–water partition coefficient (Wildman–Crippen LogP) is 1.73. The number of hydrogen-bond donors (Lipinski definition) is 2. The molecule has 1 aromatic heterocycles. The van der Waals surface area contributed by atoms with Crippen LogP contribution in [0.4, 0.5) is 0 Å². The average molecular weight is 420 g/mol. The number of nitrogens with zero attached hydrogens (tertiary/aromatic N) is 5. The minimum absolute atomic E-state index is 0.563. The Morgan fingerprint density at radius 1 is 1.17 bits per heavy atom. The Kier molecular flexibility index (Phi) is 8.27. The maximum atomic E-state index is 5.97. The number of aromatic nitrogens is 3. The molecule has 1 fully saturated rings. The zero-order valence-corrected chi connectivity index (χ0v) is 18.0. The first-order valence-electron chi connectivity index (χ1n) is 10.0. The maximum absolute atomic E-state index is 5.97. The van der Waals surface area contributed by atoms with Gasteiger partial charge in [-0.25, -0.2) is 4.99 Å². The number of aryl methyl sites for hydroxylation is 1. The van der Waals surface area contributed by atoms with Gasteiger partial charge in [-0.2, -0.15) is 0 Å². The van der Waals surface area contributed by atoms with Gasteiger partial charge in [0.15, 0.2) is 11.8 Å². The summed E-state index contributed by atoms with van der Waals surface area (Å²) in [6.07, 6.45) is 1.05. The molecule has 0 aliphatic carbocycles. The molecule has 1 saturated heterocycles. The molecule has 2 N–H and O–H groups in total. The van der Waals surface area contributed by atoms with E-state index in [1.807, 2.05) is 42.8 Å². The number of guanidine groups is 1. The molecule has 8 nitrogen and oxygen atoms in total. The van der Waals surface area contributed by atoms with Crippen LogP contribution in [0.15, 0.2) is 29.3 Å². The zero-order chi connectivity index (χ0) is 20.5. The maximum Gasteiger partial charge on any atom is 0.191 e. The number of aliphatic imine (C=N–C) groups is 1. The summed E-state index contributed by atoms with van der Waals surface area (Å²) in [5.41, 5.74) is 1.11. The van der Waals surface area contributed by atoms with Gasteiger partial charge in [0.1, 0.15) is 5.82 Å². The van der Waals surface area contributed by atoms with Crippen LogP contribution < -0.4 is 10.6 Å². The lowest BCUT2D eigenvalue weighted by Gasteiger charge is -2.26. The minimum atomic E-state index is 0.563. The summed E-state index contributed by atoms with van der Waals surface area (Å²) in [6.45, 7) is 8.68. The summed E-state index contributed by atoms with van der Waals surface area (Å²) in [5.74, 6) is 2.53. The van der Waals surface area contributed by atoms with E-state index in [1.54, 1.807) is 0 Å². The van der Waals surface area contributed by atoms with Crippen molar-refractivity contribution in [2.24, 2.45) is 12.0 Å². The van der Waals surface area contributed by atoms with Crippen molar-refractivity contribution in [3.8, 4) is 0 Å². The first kappa shape index (κ1) is 21.5. The summed E-state index contributed by atoms with van der Waals surface area (Å²) >= 11 is 5.97. The average Bonchev–Trinajstić information content (AvgIpc) is 3.06. The standard InChI is InChI=1S/C20H30ClN7O/c1-16-25-26-19(27(16)2)15-24-20(23-14-17-4-6-18(21)7-5-17)22-8-3-9-28-10-12-29-13-11-28/h4-7H,3,8-15H2,1-2H3,(H2,22,23,24). The molecule has 0 radical (unpaired) electrons. The van der Waals surface area contributed by atoms with Gasteiger partial charge in [0.25, 0.3) is 0 Å². The molecular weight excluding hydrogens is 390 g/mol. The molecule has 1 aromatic carbocycles. The Hall–Kier alpha value is -2.16. The third kappa shape index (κ3) is 6.99. The third-order valence-electron chi connectivity index (χ3n) is 4.98. The highest BCUT2D eigenvalue weighted by Gasteiger charge is 2.10. The Labute approximate surface area is 177 Å². The first-order chi connectivity index (χ1) is 14.1. The van der Waals surface area contributed by atoms with E-state index in [2.05, 4.69) is 25.7 Å². The largest absolute Gasteiger partial charge is 0.379 e. The second-order valence-corrected chi connectivity index (χ2v) is 7.54. The van der Waals surface area contributed by atoms with E-state index in [-0.39, 0.29) is 0 Å².